The molecule has 1 aliphatic rings. The van der Waals surface area contributed by atoms with Crippen LogP contribution in [0.3, 0.4) is 0 Å². The zero-order chi connectivity index (χ0) is 21.7. The Hall–Kier alpha value is -2.70. The number of piperazine rings is 1. The third-order valence-electron chi connectivity index (χ3n) is 5.38. The molecule has 3 rings (SSSR count). The van der Waals surface area contributed by atoms with Crippen LogP contribution >= 0.6 is 11.8 Å². The van der Waals surface area contributed by atoms with Gasteiger partial charge < -0.3 is 9.64 Å². The molecule has 0 spiro atoms. The first kappa shape index (κ1) is 22.0. The quantitative estimate of drug-likeness (QED) is 0.484. The van der Waals surface area contributed by atoms with Crippen molar-refractivity contribution in [1.29, 1.82) is 5.26 Å². The number of anilines is 1. The van der Waals surface area contributed by atoms with Gasteiger partial charge in [-0.2, -0.15) is 5.26 Å². The van der Waals surface area contributed by atoms with Gasteiger partial charge in [-0.3, -0.25) is 18.8 Å². The molecule has 1 fully saturated rings. The normalized spacial score (nSPS) is 14.5. The number of nitriles is 1. The van der Waals surface area contributed by atoms with Crippen molar-refractivity contribution < 1.29 is 4.74 Å². The van der Waals surface area contributed by atoms with Gasteiger partial charge in [0.1, 0.15) is 17.6 Å². The van der Waals surface area contributed by atoms with Gasteiger partial charge in [-0.15, -0.1) is 11.8 Å². The molecule has 0 unspecified atom stereocenters. The van der Waals surface area contributed by atoms with Crippen molar-refractivity contribution in [3.05, 3.63) is 50.7 Å². The fourth-order valence-electron chi connectivity index (χ4n) is 3.54. The minimum Gasteiger partial charge on any atom is -0.492 e. The van der Waals surface area contributed by atoms with E-state index in [1.807, 2.05) is 24.5 Å². The van der Waals surface area contributed by atoms with Gasteiger partial charge in [0.05, 0.1) is 12.2 Å². The van der Waals surface area contributed by atoms with E-state index < -0.39 is 0 Å². The van der Waals surface area contributed by atoms with Crippen molar-refractivity contribution in [2.24, 2.45) is 14.1 Å². The van der Waals surface area contributed by atoms with E-state index in [-0.39, 0.29) is 11.2 Å². The van der Waals surface area contributed by atoms with E-state index in [0.717, 1.165) is 48.6 Å². The van der Waals surface area contributed by atoms with E-state index in [4.69, 9.17) is 4.74 Å². The summed E-state index contributed by atoms with van der Waals surface area (Å²) in [7, 11) is 3.19. The molecular weight excluding hydrogens is 402 g/mol. The highest BCUT2D eigenvalue weighted by molar-refractivity contribution is 7.98. The van der Waals surface area contributed by atoms with E-state index in [0.29, 0.717) is 23.7 Å². The maximum atomic E-state index is 12.1. The van der Waals surface area contributed by atoms with Gasteiger partial charge in [0, 0.05) is 57.8 Å². The van der Waals surface area contributed by atoms with Gasteiger partial charge in [0.2, 0.25) is 0 Å². The number of nitrogens with zero attached hydrogens (tertiary/aromatic N) is 5. The maximum Gasteiger partial charge on any atom is 0.332 e. The minimum atomic E-state index is -0.306. The zero-order valence-electron chi connectivity index (χ0n) is 17.6. The smallest absolute Gasteiger partial charge is 0.332 e. The van der Waals surface area contributed by atoms with Crippen LogP contribution < -0.4 is 20.9 Å². The van der Waals surface area contributed by atoms with Crippen molar-refractivity contribution in [3.63, 3.8) is 0 Å². The summed E-state index contributed by atoms with van der Waals surface area (Å²) >= 11 is 1.60. The van der Waals surface area contributed by atoms with Crippen LogP contribution in [0.25, 0.3) is 0 Å². The molecule has 1 aliphatic heterocycles. The third-order valence-corrected chi connectivity index (χ3v) is 6.11. The summed E-state index contributed by atoms with van der Waals surface area (Å²) in [6, 6.07) is 9.39. The van der Waals surface area contributed by atoms with Crippen LogP contribution in [-0.2, 0) is 14.1 Å². The van der Waals surface area contributed by atoms with E-state index in [1.165, 1.54) is 17.7 Å². The van der Waals surface area contributed by atoms with Gasteiger partial charge in [-0.1, -0.05) is 0 Å². The number of rotatable bonds is 7. The monoisotopic (exact) mass is 429 g/mol. The van der Waals surface area contributed by atoms with Gasteiger partial charge in [-0.25, -0.2) is 4.79 Å². The second-order valence-corrected chi connectivity index (χ2v) is 8.13. The summed E-state index contributed by atoms with van der Waals surface area (Å²) in [4.78, 5) is 29.6. The molecule has 2 aromatic rings. The average Bonchev–Trinajstić information content (AvgIpc) is 2.78. The maximum absolute atomic E-state index is 12.1. The summed E-state index contributed by atoms with van der Waals surface area (Å²) in [6.07, 6.45) is 2.84. The molecule has 30 heavy (non-hydrogen) atoms. The second-order valence-electron chi connectivity index (χ2n) is 7.25. The number of ether oxygens (including phenoxy) is 1. The highest BCUT2D eigenvalue weighted by atomic mass is 32.2. The van der Waals surface area contributed by atoms with E-state index in [2.05, 4.69) is 15.9 Å². The summed E-state index contributed by atoms with van der Waals surface area (Å²) < 4.78 is 8.46. The fourth-order valence-corrected chi connectivity index (χ4v) is 3.98. The highest BCUT2D eigenvalue weighted by Crippen LogP contribution is 2.24. The van der Waals surface area contributed by atoms with Crippen LogP contribution in [0, 0.1) is 11.3 Å². The topological polar surface area (TPSA) is 83.5 Å². The van der Waals surface area contributed by atoms with Gasteiger partial charge in [0.25, 0.3) is 5.56 Å². The summed E-state index contributed by atoms with van der Waals surface area (Å²) in [5.74, 6) is 1.30. The minimum absolute atomic E-state index is 0.282. The Balaban J connectivity index is 1.48. The Morgan fingerprint density at radius 2 is 1.83 bits per heavy atom. The van der Waals surface area contributed by atoms with Gasteiger partial charge in [0.15, 0.2) is 0 Å². The van der Waals surface area contributed by atoms with Crippen LogP contribution in [0.1, 0.15) is 12.0 Å². The molecule has 1 aromatic heterocycles. The van der Waals surface area contributed by atoms with Crippen LogP contribution in [0.5, 0.6) is 5.75 Å². The number of benzene rings is 1. The number of thioether (sulfide) groups is 1. The van der Waals surface area contributed by atoms with Crippen molar-refractivity contribution in [3.8, 4) is 11.8 Å². The molecule has 8 nitrogen and oxygen atoms in total. The molecule has 160 valence electrons. The van der Waals surface area contributed by atoms with Gasteiger partial charge in [-0.05, 0) is 30.9 Å². The molecule has 0 saturated carbocycles. The van der Waals surface area contributed by atoms with Crippen LogP contribution in [0.15, 0.2) is 38.8 Å². The predicted octanol–water partition coefficient (Wildman–Crippen LogP) is 1.27. The molecular formula is C21H27N5O3S. The van der Waals surface area contributed by atoms with Crippen LogP contribution in [-0.4, -0.2) is 59.6 Å². The first-order valence-electron chi connectivity index (χ1n) is 9.90. The average molecular weight is 430 g/mol. The van der Waals surface area contributed by atoms with Crippen molar-refractivity contribution in [1.82, 2.24) is 14.0 Å². The molecule has 2 heterocycles. The Morgan fingerprint density at radius 1 is 1.10 bits per heavy atom. The lowest BCUT2D eigenvalue weighted by Gasteiger charge is -2.36. The second kappa shape index (κ2) is 9.87. The highest BCUT2D eigenvalue weighted by Gasteiger charge is 2.20. The lowest BCUT2D eigenvalue weighted by atomic mass is 10.2. The molecule has 0 amide bonds. The van der Waals surface area contributed by atoms with E-state index in [1.54, 1.807) is 18.8 Å². The summed E-state index contributed by atoms with van der Waals surface area (Å²) in [6.45, 7) is 4.68. The molecule has 9 heteroatoms. The Bertz CT molecular complexity index is 1050. The first-order valence-corrected chi connectivity index (χ1v) is 11.1. The molecule has 0 atom stereocenters. The molecule has 1 aromatic carbocycles. The summed E-state index contributed by atoms with van der Waals surface area (Å²) in [5.41, 5.74) is -0.0237. The Kier molecular flexibility index (Phi) is 7.24. The fraction of sp³-hybridized carbons (Fsp3) is 0.476. The Morgan fingerprint density at radius 3 is 2.50 bits per heavy atom. The molecule has 0 N–H and O–H groups in total. The first-order chi connectivity index (χ1) is 14.4. The van der Waals surface area contributed by atoms with Crippen molar-refractivity contribution >= 4 is 17.6 Å². The SMILES string of the molecule is CSc1ccc(OCCCN2CCN(c3cc(=O)n(C)c(=O)n3C)CC2)c(C#N)c1. The van der Waals surface area contributed by atoms with Crippen molar-refractivity contribution in [2.45, 2.75) is 11.3 Å². The standard InChI is InChI=1S/C21H27N5O3S/c1-23-19(14-20(27)24(2)21(23)28)26-10-8-25(9-11-26)7-4-12-29-18-6-5-17(30-3)13-16(18)15-22/h5-6,13-14H,4,7-12H2,1-3H3. The van der Waals surface area contributed by atoms with Crippen molar-refractivity contribution in [2.75, 3.05) is 50.5 Å². The number of aromatic nitrogens is 2. The molecule has 0 radical (unpaired) electrons. The number of hydrogen-bond acceptors (Lipinski definition) is 7. The summed E-state index contributed by atoms with van der Waals surface area (Å²) in [5, 5.41) is 9.29. The lowest BCUT2D eigenvalue weighted by Crippen LogP contribution is -2.49. The lowest BCUT2D eigenvalue weighted by molar-refractivity contribution is 0.223. The largest absolute Gasteiger partial charge is 0.492 e. The zero-order valence-corrected chi connectivity index (χ0v) is 18.4. The Labute approximate surface area is 180 Å². The van der Waals surface area contributed by atoms with E-state index in [9.17, 15) is 14.9 Å². The molecule has 0 bridgehead atoms. The molecule has 0 aliphatic carbocycles. The van der Waals surface area contributed by atoms with Crippen LogP contribution in [0.4, 0.5) is 5.82 Å². The van der Waals surface area contributed by atoms with Crippen LogP contribution in [0.2, 0.25) is 0 Å². The predicted molar refractivity (Wildman–Crippen MR) is 119 cm³/mol. The third kappa shape index (κ3) is 4.89. The number of hydrogen-bond donors (Lipinski definition) is 0. The van der Waals surface area contributed by atoms with Gasteiger partial charge >= 0.3 is 5.69 Å². The molecule has 1 saturated heterocycles. The van der Waals surface area contributed by atoms with E-state index >= 15 is 0 Å².